The van der Waals surface area contributed by atoms with Gasteiger partial charge in [0.2, 0.25) is 5.91 Å². The lowest BCUT2D eigenvalue weighted by atomic mass is 10.1. The van der Waals surface area contributed by atoms with Crippen LogP contribution in [-0.4, -0.2) is 61.2 Å². The lowest BCUT2D eigenvalue weighted by Crippen LogP contribution is -2.38. The van der Waals surface area contributed by atoms with Crippen LogP contribution in [0.25, 0.3) is 0 Å². The van der Waals surface area contributed by atoms with Gasteiger partial charge in [-0.15, -0.1) is 0 Å². The van der Waals surface area contributed by atoms with Gasteiger partial charge in [-0.2, -0.15) is 0 Å². The molecule has 3 aromatic carbocycles. The third kappa shape index (κ3) is 6.65. The summed E-state index contributed by atoms with van der Waals surface area (Å²) < 4.78 is 48.3. The zero-order valence-corrected chi connectivity index (χ0v) is 22.8. The Bertz CT molecular complexity index is 1450. The maximum absolute atomic E-state index is 13.8. The molecule has 0 saturated carbocycles. The van der Waals surface area contributed by atoms with E-state index in [1.54, 1.807) is 24.3 Å². The first-order valence-corrected chi connectivity index (χ1v) is 12.9. The Balaban J connectivity index is 2.01. The van der Waals surface area contributed by atoms with Gasteiger partial charge in [-0.05, 0) is 49.4 Å². The molecule has 0 aliphatic rings. The van der Waals surface area contributed by atoms with Crippen molar-refractivity contribution in [2.75, 3.05) is 44.6 Å². The van der Waals surface area contributed by atoms with Crippen molar-refractivity contribution in [3.63, 3.8) is 0 Å². The molecule has 3 rings (SSSR count). The maximum atomic E-state index is 13.8. The van der Waals surface area contributed by atoms with Crippen LogP contribution in [0.2, 0.25) is 0 Å². The number of esters is 2. The van der Waals surface area contributed by atoms with Crippen LogP contribution in [-0.2, 0) is 24.3 Å². The summed E-state index contributed by atoms with van der Waals surface area (Å²) in [4.78, 5) is 37.2. The number of nitrogens with one attached hydrogen (secondary N) is 1. The van der Waals surface area contributed by atoms with Crippen LogP contribution >= 0.6 is 0 Å². The van der Waals surface area contributed by atoms with Gasteiger partial charge in [0.15, 0.2) is 11.5 Å². The first-order chi connectivity index (χ1) is 18.5. The Labute approximate surface area is 226 Å². The van der Waals surface area contributed by atoms with Crippen molar-refractivity contribution in [3.8, 4) is 11.5 Å². The number of methoxy groups -OCH3 is 4. The minimum absolute atomic E-state index is 0.0101. The number of anilines is 2. The van der Waals surface area contributed by atoms with Crippen molar-refractivity contribution in [1.29, 1.82) is 0 Å². The largest absolute Gasteiger partial charge is 0.493 e. The van der Waals surface area contributed by atoms with Crippen LogP contribution in [0.4, 0.5) is 11.4 Å². The van der Waals surface area contributed by atoms with E-state index in [0.717, 1.165) is 9.87 Å². The number of rotatable bonds is 10. The van der Waals surface area contributed by atoms with E-state index in [0.29, 0.717) is 5.75 Å². The summed E-state index contributed by atoms with van der Waals surface area (Å²) in [6.45, 7) is 1.21. The predicted octanol–water partition coefficient (Wildman–Crippen LogP) is 3.42. The standard InChI is InChI=1S/C27H28N2O9S/c1-17-6-8-21(9-7-17)29(39(33,34)22-10-11-23(35-2)24(15-22)36-3)16-25(30)28-20-13-18(26(31)37-4)12-19(14-20)27(32)38-5/h6-15H,16H2,1-5H3,(H,28,30). The topological polar surface area (TPSA) is 138 Å². The predicted molar refractivity (Wildman–Crippen MR) is 143 cm³/mol. The highest BCUT2D eigenvalue weighted by Gasteiger charge is 2.29. The summed E-state index contributed by atoms with van der Waals surface area (Å²) >= 11 is 0. The number of carbonyl (C=O) groups is 3. The molecule has 0 heterocycles. The van der Waals surface area contributed by atoms with E-state index in [-0.39, 0.29) is 33.1 Å². The van der Waals surface area contributed by atoms with Crippen LogP contribution < -0.4 is 19.1 Å². The number of amides is 1. The molecular weight excluding hydrogens is 528 g/mol. The number of ether oxygens (including phenoxy) is 4. The number of hydrogen-bond acceptors (Lipinski definition) is 9. The van der Waals surface area contributed by atoms with E-state index in [2.05, 4.69) is 5.32 Å². The van der Waals surface area contributed by atoms with Crippen molar-refractivity contribution in [1.82, 2.24) is 0 Å². The van der Waals surface area contributed by atoms with E-state index in [1.807, 2.05) is 6.92 Å². The van der Waals surface area contributed by atoms with Crippen molar-refractivity contribution in [2.24, 2.45) is 0 Å². The zero-order valence-electron chi connectivity index (χ0n) is 22.0. The second kappa shape index (κ2) is 12.3. The average molecular weight is 557 g/mol. The molecule has 1 N–H and O–H groups in total. The first-order valence-electron chi connectivity index (χ1n) is 11.5. The molecule has 12 heteroatoms. The molecule has 1 amide bonds. The molecule has 0 spiro atoms. The summed E-state index contributed by atoms with van der Waals surface area (Å²) in [6.07, 6.45) is 0. The minimum atomic E-state index is -4.27. The van der Waals surface area contributed by atoms with Crippen molar-refractivity contribution in [3.05, 3.63) is 77.4 Å². The third-order valence-corrected chi connectivity index (χ3v) is 7.38. The molecule has 3 aromatic rings. The number of hydrogen-bond donors (Lipinski definition) is 1. The van der Waals surface area contributed by atoms with Crippen LogP contribution in [0.15, 0.2) is 65.6 Å². The van der Waals surface area contributed by atoms with E-state index in [9.17, 15) is 22.8 Å². The molecule has 0 atom stereocenters. The second-order valence-corrected chi connectivity index (χ2v) is 10.1. The highest BCUT2D eigenvalue weighted by molar-refractivity contribution is 7.92. The molecular formula is C27H28N2O9S. The maximum Gasteiger partial charge on any atom is 0.337 e. The average Bonchev–Trinajstić information content (AvgIpc) is 2.94. The van der Waals surface area contributed by atoms with Gasteiger partial charge < -0.3 is 24.3 Å². The fourth-order valence-corrected chi connectivity index (χ4v) is 5.07. The van der Waals surface area contributed by atoms with Gasteiger partial charge in [0, 0.05) is 11.8 Å². The highest BCUT2D eigenvalue weighted by atomic mass is 32.2. The van der Waals surface area contributed by atoms with Gasteiger partial charge in [0.1, 0.15) is 6.54 Å². The van der Waals surface area contributed by atoms with Crippen molar-refractivity contribution >= 4 is 39.2 Å². The molecule has 206 valence electrons. The normalized spacial score (nSPS) is 10.8. The molecule has 0 bridgehead atoms. The lowest BCUT2D eigenvalue weighted by molar-refractivity contribution is -0.114. The van der Waals surface area contributed by atoms with Gasteiger partial charge in [-0.1, -0.05) is 17.7 Å². The smallest absolute Gasteiger partial charge is 0.337 e. The molecule has 0 aliphatic carbocycles. The van der Waals surface area contributed by atoms with Crippen molar-refractivity contribution in [2.45, 2.75) is 11.8 Å². The number of sulfonamides is 1. The molecule has 0 radical (unpaired) electrons. The van der Waals surface area contributed by atoms with E-state index in [1.165, 1.54) is 64.8 Å². The monoisotopic (exact) mass is 556 g/mol. The lowest BCUT2D eigenvalue weighted by Gasteiger charge is -2.25. The van der Waals surface area contributed by atoms with E-state index < -0.39 is 34.4 Å². The van der Waals surface area contributed by atoms with Gasteiger partial charge in [-0.3, -0.25) is 9.10 Å². The summed E-state index contributed by atoms with van der Waals surface area (Å²) in [6, 6.07) is 14.5. The molecule has 0 fully saturated rings. The van der Waals surface area contributed by atoms with Crippen LogP contribution in [0, 0.1) is 6.92 Å². The summed E-state index contributed by atoms with van der Waals surface area (Å²) in [5.41, 5.74) is 1.18. The Morgan fingerprint density at radius 3 is 1.85 bits per heavy atom. The third-order valence-electron chi connectivity index (χ3n) is 5.61. The Kier molecular flexibility index (Phi) is 9.15. The van der Waals surface area contributed by atoms with Gasteiger partial charge in [0.25, 0.3) is 10.0 Å². The molecule has 39 heavy (non-hydrogen) atoms. The summed E-state index contributed by atoms with van der Waals surface area (Å²) in [5, 5.41) is 2.55. The van der Waals surface area contributed by atoms with Crippen LogP contribution in [0.3, 0.4) is 0 Å². The number of nitrogens with zero attached hydrogens (tertiary/aromatic N) is 1. The van der Waals surface area contributed by atoms with Gasteiger partial charge in [-0.25, -0.2) is 18.0 Å². The summed E-state index contributed by atoms with van der Waals surface area (Å²) in [5.74, 6) is -1.69. The fourth-order valence-electron chi connectivity index (χ4n) is 3.63. The van der Waals surface area contributed by atoms with E-state index >= 15 is 0 Å². The number of benzene rings is 3. The second-order valence-electron chi connectivity index (χ2n) is 8.19. The zero-order chi connectivity index (χ0) is 28.7. The first kappa shape index (κ1) is 29.0. The highest BCUT2D eigenvalue weighted by Crippen LogP contribution is 2.32. The molecule has 0 saturated heterocycles. The Morgan fingerprint density at radius 1 is 0.769 bits per heavy atom. The van der Waals surface area contributed by atoms with Crippen molar-refractivity contribution < 1.29 is 41.7 Å². The molecule has 0 aromatic heterocycles. The summed E-state index contributed by atoms with van der Waals surface area (Å²) in [7, 11) is 0.873. The van der Waals surface area contributed by atoms with Crippen LogP contribution in [0.1, 0.15) is 26.3 Å². The fraction of sp³-hybridized carbons (Fsp3) is 0.222. The number of carbonyl (C=O) groups excluding carboxylic acids is 3. The minimum Gasteiger partial charge on any atom is -0.493 e. The van der Waals surface area contributed by atoms with Gasteiger partial charge >= 0.3 is 11.9 Å². The van der Waals surface area contributed by atoms with E-state index in [4.69, 9.17) is 18.9 Å². The molecule has 11 nitrogen and oxygen atoms in total. The Morgan fingerprint density at radius 2 is 1.33 bits per heavy atom. The Hall–Kier alpha value is -4.58. The van der Waals surface area contributed by atoms with Crippen LogP contribution in [0.5, 0.6) is 11.5 Å². The molecule has 0 unspecified atom stereocenters. The van der Waals surface area contributed by atoms with Gasteiger partial charge in [0.05, 0.1) is 50.1 Å². The molecule has 0 aliphatic heterocycles. The number of aryl methyl sites for hydroxylation is 1. The quantitative estimate of drug-likeness (QED) is 0.372. The SMILES string of the molecule is COC(=O)c1cc(NC(=O)CN(c2ccc(C)cc2)S(=O)(=O)c2ccc(OC)c(OC)c2)cc(C(=O)OC)c1.